The Hall–Kier alpha value is -4.26. The maximum Gasteiger partial charge on any atom is 0.363 e. The number of carbonyl (C=O) groups is 1. The summed E-state index contributed by atoms with van der Waals surface area (Å²) < 4.78 is 27.8. The molecule has 34 heavy (non-hydrogen) atoms. The fraction of sp³-hybridized carbons (Fsp3) is 0.185. The predicted octanol–water partition coefficient (Wildman–Crippen LogP) is 4.90. The molecule has 0 saturated heterocycles. The molecule has 0 amide bonds. The third kappa shape index (κ3) is 5.75. The van der Waals surface area contributed by atoms with Gasteiger partial charge in [0, 0.05) is 5.56 Å². The SMILES string of the molecule is CCOc1cc(/C=C2\N=C(c3ccccc3)OC2=O)ccc1OCCOc1ccc(OC)cc1. The van der Waals surface area contributed by atoms with Crippen LogP contribution in [-0.4, -0.2) is 38.8 Å². The molecule has 0 bridgehead atoms. The van der Waals surface area contributed by atoms with Gasteiger partial charge in [0.15, 0.2) is 17.2 Å². The Morgan fingerprint density at radius 3 is 2.32 bits per heavy atom. The summed E-state index contributed by atoms with van der Waals surface area (Å²) in [7, 11) is 1.62. The van der Waals surface area contributed by atoms with Crippen LogP contribution in [0.25, 0.3) is 6.08 Å². The van der Waals surface area contributed by atoms with Crippen molar-refractivity contribution < 1.29 is 28.5 Å². The third-order valence-electron chi connectivity index (χ3n) is 4.88. The standard InChI is InChI=1S/C27H25NO6/c1-3-31-25-18-19(17-23-27(29)34-26(28-23)20-7-5-4-6-8-20)9-14-24(25)33-16-15-32-22-12-10-21(30-2)11-13-22/h4-14,17-18H,3,15-16H2,1-2H3/b23-17-. The Kier molecular flexibility index (Phi) is 7.45. The monoisotopic (exact) mass is 459 g/mol. The molecule has 3 aromatic rings. The highest BCUT2D eigenvalue weighted by molar-refractivity contribution is 6.12. The fourth-order valence-electron chi connectivity index (χ4n) is 3.26. The van der Waals surface area contributed by atoms with Gasteiger partial charge < -0.3 is 23.7 Å². The quantitative estimate of drug-likeness (QED) is 0.244. The first-order valence-electron chi connectivity index (χ1n) is 10.9. The van der Waals surface area contributed by atoms with Crippen molar-refractivity contribution >= 4 is 17.9 Å². The molecule has 0 radical (unpaired) electrons. The molecule has 174 valence electrons. The molecular weight excluding hydrogens is 434 g/mol. The minimum absolute atomic E-state index is 0.225. The lowest BCUT2D eigenvalue weighted by Crippen LogP contribution is -2.10. The summed E-state index contributed by atoms with van der Waals surface area (Å²) in [5.41, 5.74) is 1.72. The van der Waals surface area contributed by atoms with Crippen LogP contribution in [0.1, 0.15) is 18.1 Å². The molecule has 0 spiro atoms. The van der Waals surface area contributed by atoms with Crippen LogP contribution in [0.2, 0.25) is 0 Å². The van der Waals surface area contributed by atoms with Gasteiger partial charge in [-0.3, -0.25) is 0 Å². The normalized spacial score (nSPS) is 13.9. The predicted molar refractivity (Wildman–Crippen MR) is 129 cm³/mol. The molecule has 1 aliphatic rings. The molecule has 7 nitrogen and oxygen atoms in total. The van der Waals surface area contributed by atoms with Crippen molar-refractivity contribution in [1.29, 1.82) is 0 Å². The first kappa shape index (κ1) is 22.9. The molecule has 0 aliphatic carbocycles. The van der Waals surface area contributed by atoms with Crippen LogP contribution in [0.15, 0.2) is 83.5 Å². The molecule has 0 N–H and O–H groups in total. The van der Waals surface area contributed by atoms with Gasteiger partial charge in [-0.15, -0.1) is 0 Å². The summed E-state index contributed by atoms with van der Waals surface area (Å²) in [6, 6.07) is 22.1. The molecule has 0 unspecified atom stereocenters. The lowest BCUT2D eigenvalue weighted by atomic mass is 10.1. The Morgan fingerprint density at radius 1 is 0.853 bits per heavy atom. The van der Waals surface area contributed by atoms with E-state index in [0.29, 0.717) is 37.2 Å². The van der Waals surface area contributed by atoms with Crippen molar-refractivity contribution in [3.8, 4) is 23.0 Å². The Morgan fingerprint density at radius 2 is 1.59 bits per heavy atom. The van der Waals surface area contributed by atoms with Gasteiger partial charge in [0.2, 0.25) is 5.90 Å². The van der Waals surface area contributed by atoms with Gasteiger partial charge in [0.05, 0.1) is 13.7 Å². The molecule has 7 heteroatoms. The van der Waals surface area contributed by atoms with Gasteiger partial charge in [0.25, 0.3) is 0 Å². The van der Waals surface area contributed by atoms with Crippen molar-refractivity contribution in [2.24, 2.45) is 4.99 Å². The van der Waals surface area contributed by atoms with E-state index in [-0.39, 0.29) is 5.70 Å². The Bertz CT molecular complexity index is 1190. The maximum atomic E-state index is 12.3. The van der Waals surface area contributed by atoms with E-state index in [9.17, 15) is 4.79 Å². The average Bonchev–Trinajstić information content (AvgIpc) is 3.24. The van der Waals surface area contributed by atoms with Crippen LogP contribution in [0.5, 0.6) is 23.0 Å². The number of hydrogen-bond acceptors (Lipinski definition) is 7. The van der Waals surface area contributed by atoms with Crippen LogP contribution >= 0.6 is 0 Å². The molecule has 0 aromatic heterocycles. The number of esters is 1. The fourth-order valence-corrected chi connectivity index (χ4v) is 3.26. The first-order chi connectivity index (χ1) is 16.7. The number of ether oxygens (including phenoxy) is 5. The maximum absolute atomic E-state index is 12.3. The van der Waals surface area contributed by atoms with Gasteiger partial charge in [-0.05, 0) is 67.1 Å². The van der Waals surface area contributed by atoms with E-state index in [1.54, 1.807) is 25.3 Å². The zero-order valence-corrected chi connectivity index (χ0v) is 19.0. The minimum Gasteiger partial charge on any atom is -0.497 e. The number of methoxy groups -OCH3 is 1. The molecular formula is C27H25NO6. The second-order valence-electron chi connectivity index (χ2n) is 7.21. The highest BCUT2D eigenvalue weighted by Gasteiger charge is 2.24. The number of aliphatic imine (C=N–C) groups is 1. The van der Waals surface area contributed by atoms with Crippen molar-refractivity contribution in [2.45, 2.75) is 6.92 Å². The minimum atomic E-state index is -0.493. The Balaban J connectivity index is 1.41. The summed E-state index contributed by atoms with van der Waals surface area (Å²) >= 11 is 0. The van der Waals surface area contributed by atoms with E-state index in [1.807, 2.05) is 67.6 Å². The van der Waals surface area contributed by atoms with E-state index in [1.165, 1.54) is 0 Å². The highest BCUT2D eigenvalue weighted by Crippen LogP contribution is 2.30. The topological polar surface area (TPSA) is 75.6 Å². The van der Waals surface area contributed by atoms with Gasteiger partial charge in [0.1, 0.15) is 24.7 Å². The second kappa shape index (κ2) is 11.0. The van der Waals surface area contributed by atoms with E-state index in [0.717, 1.165) is 22.6 Å². The molecule has 1 heterocycles. The van der Waals surface area contributed by atoms with E-state index >= 15 is 0 Å². The Labute approximate surface area is 198 Å². The lowest BCUT2D eigenvalue weighted by molar-refractivity contribution is -0.129. The number of benzene rings is 3. The van der Waals surface area contributed by atoms with Crippen molar-refractivity contribution in [1.82, 2.24) is 0 Å². The van der Waals surface area contributed by atoms with Crippen molar-refractivity contribution in [3.63, 3.8) is 0 Å². The number of rotatable bonds is 10. The van der Waals surface area contributed by atoms with E-state index in [2.05, 4.69) is 4.99 Å². The molecule has 0 fully saturated rings. The van der Waals surface area contributed by atoms with Crippen molar-refractivity contribution in [3.05, 3.63) is 89.6 Å². The number of nitrogens with zero attached hydrogens (tertiary/aromatic N) is 1. The average molecular weight is 459 g/mol. The summed E-state index contributed by atoms with van der Waals surface area (Å²) in [6.07, 6.45) is 1.66. The van der Waals surface area contributed by atoms with Crippen LogP contribution in [-0.2, 0) is 9.53 Å². The lowest BCUT2D eigenvalue weighted by Gasteiger charge is -2.13. The van der Waals surface area contributed by atoms with E-state index in [4.69, 9.17) is 23.7 Å². The zero-order chi connectivity index (χ0) is 23.8. The number of hydrogen-bond donors (Lipinski definition) is 0. The highest BCUT2D eigenvalue weighted by atomic mass is 16.6. The molecule has 0 atom stereocenters. The summed E-state index contributed by atoms with van der Waals surface area (Å²) in [5.74, 6) is 2.46. The molecule has 3 aromatic carbocycles. The number of carbonyl (C=O) groups excluding carboxylic acids is 1. The summed E-state index contributed by atoms with van der Waals surface area (Å²) in [4.78, 5) is 16.6. The first-order valence-corrected chi connectivity index (χ1v) is 10.9. The van der Waals surface area contributed by atoms with Crippen LogP contribution in [0, 0.1) is 0 Å². The van der Waals surface area contributed by atoms with Gasteiger partial charge in [-0.2, -0.15) is 0 Å². The van der Waals surface area contributed by atoms with Gasteiger partial charge in [-0.25, -0.2) is 9.79 Å². The van der Waals surface area contributed by atoms with Gasteiger partial charge >= 0.3 is 5.97 Å². The summed E-state index contributed by atoms with van der Waals surface area (Å²) in [6.45, 7) is 3.07. The smallest absolute Gasteiger partial charge is 0.363 e. The van der Waals surface area contributed by atoms with Crippen LogP contribution in [0.4, 0.5) is 0 Å². The zero-order valence-electron chi connectivity index (χ0n) is 19.0. The largest absolute Gasteiger partial charge is 0.497 e. The van der Waals surface area contributed by atoms with Crippen LogP contribution < -0.4 is 18.9 Å². The van der Waals surface area contributed by atoms with Crippen LogP contribution in [0.3, 0.4) is 0 Å². The van der Waals surface area contributed by atoms with Gasteiger partial charge in [-0.1, -0.05) is 24.3 Å². The molecule has 4 rings (SSSR count). The second-order valence-corrected chi connectivity index (χ2v) is 7.21. The third-order valence-corrected chi connectivity index (χ3v) is 4.88. The molecule has 1 aliphatic heterocycles. The summed E-state index contributed by atoms with van der Waals surface area (Å²) in [5, 5.41) is 0. The van der Waals surface area contributed by atoms with Crippen molar-refractivity contribution in [2.75, 3.05) is 26.9 Å². The number of cyclic esters (lactones) is 1. The molecule has 0 saturated carbocycles. The van der Waals surface area contributed by atoms with E-state index < -0.39 is 5.97 Å².